The molecule has 0 aromatic heterocycles. The van der Waals surface area contributed by atoms with Crippen LogP contribution in [0.1, 0.15) is 47.8 Å². The fourth-order valence-electron chi connectivity index (χ4n) is 6.40. The predicted molar refractivity (Wildman–Crippen MR) is 175 cm³/mol. The quantitative estimate of drug-likeness (QED) is 0.188. The van der Waals surface area contributed by atoms with Gasteiger partial charge in [-0.1, -0.05) is 66.7 Å². The lowest BCUT2D eigenvalue weighted by molar-refractivity contribution is -0.0783. The molecule has 0 unspecified atom stereocenters. The molecule has 224 valence electrons. The molecule has 3 N–H and O–H groups in total. The smallest absolute Gasteiger partial charge is 0.426 e. The number of rotatable bonds is 5. The Hall–Kier alpha value is -5.76. The minimum Gasteiger partial charge on any atom is -0.464 e. The molecule has 0 saturated heterocycles. The first kappa shape index (κ1) is 28.0. The summed E-state index contributed by atoms with van der Waals surface area (Å²) in [5, 5.41) is 20.1. The molecule has 0 bridgehead atoms. The molecule has 1 spiro atoms. The molecule has 0 radical (unpaired) electrons. The molecule has 2 aliphatic heterocycles. The average molecular weight is 597 g/mol. The second-order valence-corrected chi connectivity index (χ2v) is 12.1. The fraction of sp³-hybridized carbons (Fsp3) is 0.135. The van der Waals surface area contributed by atoms with Crippen LogP contribution in [0.3, 0.4) is 0 Å². The summed E-state index contributed by atoms with van der Waals surface area (Å²) < 4.78 is 6.66. The van der Waals surface area contributed by atoms with Crippen LogP contribution in [0.2, 0.25) is 0 Å². The van der Waals surface area contributed by atoms with Crippen molar-refractivity contribution in [2.75, 3.05) is 10.6 Å². The van der Waals surface area contributed by atoms with Crippen molar-refractivity contribution in [1.82, 2.24) is 10.0 Å². The van der Waals surface area contributed by atoms with Crippen molar-refractivity contribution in [2.24, 2.45) is 0 Å². The van der Waals surface area contributed by atoms with Crippen LogP contribution < -0.4 is 15.4 Å². The van der Waals surface area contributed by atoms with Gasteiger partial charge in [0.1, 0.15) is 17.0 Å². The van der Waals surface area contributed by atoms with E-state index in [1.165, 1.54) is 5.01 Å². The number of ether oxygens (including phenoxy) is 1. The van der Waals surface area contributed by atoms with Gasteiger partial charge >= 0.3 is 6.09 Å². The number of nitrogens with zero attached hydrogens (tertiary/aromatic N) is 2. The lowest BCUT2D eigenvalue weighted by atomic mass is 9.75. The number of hydrazine groups is 1. The molecule has 0 atom stereocenters. The maximum Gasteiger partial charge on any atom is 0.426 e. The molecule has 8 nitrogen and oxygen atoms in total. The molecule has 0 saturated carbocycles. The molecule has 2 amide bonds. The van der Waals surface area contributed by atoms with Crippen LogP contribution in [0.15, 0.2) is 121 Å². The number of carboxylic acid groups (broad SMARTS) is 1. The van der Waals surface area contributed by atoms with Gasteiger partial charge in [-0.3, -0.25) is 4.79 Å². The summed E-state index contributed by atoms with van der Waals surface area (Å²) in [5.74, 6) is 0.614. The van der Waals surface area contributed by atoms with Crippen LogP contribution in [-0.2, 0) is 5.54 Å². The summed E-state index contributed by atoms with van der Waals surface area (Å²) in [4.78, 5) is 27.5. The number of fused-ring (bicyclic) bond motifs is 6. The number of hydrogen-bond donors (Lipinski definition) is 3. The van der Waals surface area contributed by atoms with Gasteiger partial charge in [-0.15, -0.1) is 0 Å². The zero-order chi connectivity index (χ0) is 31.3. The molecular weight excluding hydrogens is 564 g/mol. The van der Waals surface area contributed by atoms with Crippen LogP contribution in [0, 0.1) is 0 Å². The molecule has 7 rings (SSSR count). The van der Waals surface area contributed by atoms with Crippen LogP contribution in [-0.4, -0.2) is 32.7 Å². The van der Waals surface area contributed by atoms with E-state index < -0.39 is 23.1 Å². The third-order valence-corrected chi connectivity index (χ3v) is 8.16. The third kappa shape index (κ3) is 4.53. The Morgan fingerprint density at radius 1 is 0.689 bits per heavy atom. The SMILES string of the molecule is CC(C)(C)N(C(=O)O)N1C(=O)c2ccccc2C12c1ccc(Nc3ccccc3)cc1Oc1cc(Nc3ccccc3)ccc12. The molecular formula is C37H32N4O4. The summed E-state index contributed by atoms with van der Waals surface area (Å²) in [7, 11) is 0. The highest BCUT2D eigenvalue weighted by atomic mass is 16.5. The van der Waals surface area contributed by atoms with E-state index in [4.69, 9.17) is 4.74 Å². The van der Waals surface area contributed by atoms with Crippen LogP contribution in [0.5, 0.6) is 11.5 Å². The van der Waals surface area contributed by atoms with Gasteiger partial charge in [-0.05, 0) is 63.2 Å². The van der Waals surface area contributed by atoms with Crippen molar-refractivity contribution in [3.8, 4) is 11.5 Å². The third-order valence-electron chi connectivity index (χ3n) is 8.16. The highest BCUT2D eigenvalue weighted by Crippen LogP contribution is 2.59. The van der Waals surface area contributed by atoms with E-state index in [1.54, 1.807) is 32.9 Å². The Kier molecular flexibility index (Phi) is 6.51. The van der Waals surface area contributed by atoms with E-state index in [1.807, 2.05) is 109 Å². The second-order valence-electron chi connectivity index (χ2n) is 12.1. The number of nitrogens with one attached hydrogen (secondary N) is 2. The minimum absolute atomic E-state index is 0.403. The van der Waals surface area contributed by atoms with Crippen molar-refractivity contribution in [2.45, 2.75) is 31.8 Å². The van der Waals surface area contributed by atoms with E-state index in [-0.39, 0.29) is 0 Å². The highest BCUT2D eigenvalue weighted by molar-refractivity contribution is 6.03. The van der Waals surface area contributed by atoms with Gasteiger partial charge in [0.2, 0.25) is 0 Å². The lowest BCUT2D eigenvalue weighted by Gasteiger charge is -2.50. The van der Waals surface area contributed by atoms with Gasteiger partial charge in [-0.25, -0.2) is 14.8 Å². The summed E-state index contributed by atoms with van der Waals surface area (Å²) in [5.41, 5.74) is 3.53. The summed E-state index contributed by atoms with van der Waals surface area (Å²) in [6.07, 6.45) is -1.23. The average Bonchev–Trinajstić information content (AvgIpc) is 3.26. The maximum atomic E-state index is 14.5. The summed E-state index contributed by atoms with van der Waals surface area (Å²) >= 11 is 0. The Morgan fingerprint density at radius 3 is 1.67 bits per heavy atom. The molecule has 0 aliphatic carbocycles. The molecule has 8 heteroatoms. The van der Waals surface area contributed by atoms with E-state index in [9.17, 15) is 14.7 Å². The molecule has 5 aromatic rings. The second kappa shape index (κ2) is 10.4. The Balaban J connectivity index is 1.49. The number of anilines is 4. The van der Waals surface area contributed by atoms with Crippen molar-refractivity contribution in [3.05, 3.63) is 144 Å². The van der Waals surface area contributed by atoms with Gasteiger partial charge < -0.3 is 20.5 Å². The zero-order valence-corrected chi connectivity index (χ0v) is 25.1. The van der Waals surface area contributed by atoms with Gasteiger partial charge in [0, 0.05) is 57.1 Å². The normalized spacial score (nSPS) is 14.2. The number of hydrogen-bond acceptors (Lipinski definition) is 5. The Morgan fingerprint density at radius 2 is 1.18 bits per heavy atom. The first-order valence-electron chi connectivity index (χ1n) is 14.8. The first-order chi connectivity index (χ1) is 21.7. The number of amides is 2. The summed E-state index contributed by atoms with van der Waals surface area (Å²) in [6.45, 7) is 5.35. The van der Waals surface area contributed by atoms with Gasteiger partial charge in [-0.2, -0.15) is 0 Å². The minimum atomic E-state index is -1.33. The van der Waals surface area contributed by atoms with Crippen molar-refractivity contribution in [3.63, 3.8) is 0 Å². The largest absolute Gasteiger partial charge is 0.464 e. The molecule has 2 heterocycles. The van der Waals surface area contributed by atoms with Gasteiger partial charge in [0.25, 0.3) is 5.91 Å². The number of carbonyl (C=O) groups is 2. The number of para-hydroxylation sites is 2. The standard InChI is InChI=1S/C37H32N4O4/c1-36(2,3)41(35(43)44)40-34(42)28-16-10-11-17-29(28)37(40)30-20-18-26(38-24-12-6-4-7-13-24)22-32(30)45-33-23-27(19-21-31(33)37)39-25-14-8-5-9-15-25/h4-23,38-39H,1-3H3,(H,43,44). The monoisotopic (exact) mass is 596 g/mol. The highest BCUT2D eigenvalue weighted by Gasteiger charge is 2.60. The number of carbonyl (C=O) groups excluding carboxylic acids is 1. The van der Waals surface area contributed by atoms with Gasteiger partial charge in [0.05, 0.1) is 5.54 Å². The van der Waals surface area contributed by atoms with E-state index in [2.05, 4.69) is 10.6 Å². The number of benzene rings is 5. The van der Waals surface area contributed by atoms with E-state index >= 15 is 0 Å². The van der Waals surface area contributed by atoms with Crippen LogP contribution >= 0.6 is 0 Å². The van der Waals surface area contributed by atoms with E-state index in [0.717, 1.165) is 27.8 Å². The maximum absolute atomic E-state index is 14.5. The lowest BCUT2D eigenvalue weighted by Crippen LogP contribution is -2.63. The molecule has 5 aromatic carbocycles. The Labute approximate surface area is 261 Å². The molecule has 0 fully saturated rings. The van der Waals surface area contributed by atoms with Crippen LogP contribution in [0.4, 0.5) is 27.5 Å². The van der Waals surface area contributed by atoms with Crippen LogP contribution in [0.25, 0.3) is 0 Å². The van der Waals surface area contributed by atoms with Crippen molar-refractivity contribution in [1.29, 1.82) is 0 Å². The zero-order valence-electron chi connectivity index (χ0n) is 25.1. The topological polar surface area (TPSA) is 94.1 Å². The molecule has 45 heavy (non-hydrogen) atoms. The van der Waals surface area contributed by atoms with Gasteiger partial charge in [0.15, 0.2) is 0 Å². The fourth-order valence-corrected chi connectivity index (χ4v) is 6.40. The van der Waals surface area contributed by atoms with Crippen molar-refractivity contribution < 1.29 is 19.4 Å². The summed E-state index contributed by atoms with van der Waals surface area (Å²) in [6, 6.07) is 38.5. The predicted octanol–water partition coefficient (Wildman–Crippen LogP) is 8.72. The van der Waals surface area contributed by atoms with Crippen molar-refractivity contribution >= 4 is 34.7 Å². The first-order valence-corrected chi connectivity index (χ1v) is 14.8. The van der Waals surface area contributed by atoms with E-state index in [0.29, 0.717) is 33.8 Å². The molecule has 2 aliphatic rings. The Bertz CT molecular complexity index is 1850.